The first-order valence-corrected chi connectivity index (χ1v) is 6.07. The minimum Gasteiger partial charge on any atom is -0.486 e. The van der Waals surface area contributed by atoms with Crippen LogP contribution in [-0.2, 0) is 13.2 Å². The topological polar surface area (TPSA) is 97.7 Å². The van der Waals surface area contributed by atoms with Gasteiger partial charge in [-0.1, -0.05) is 12.1 Å². The number of nitrogen functional groups attached to an aromatic ring is 1. The number of hydrogen-bond donors (Lipinski definition) is 3. The van der Waals surface area contributed by atoms with Gasteiger partial charge < -0.3 is 14.3 Å². The number of hydrogen-bond acceptors (Lipinski definition) is 5. The first-order chi connectivity index (χ1) is 9.63. The molecule has 0 aliphatic carbocycles. The Labute approximate surface area is 116 Å². The molecule has 1 aromatic carbocycles. The van der Waals surface area contributed by atoms with Gasteiger partial charge in [-0.25, -0.2) is 5.84 Å². The molecule has 0 unspecified atom stereocenters. The van der Waals surface area contributed by atoms with Crippen molar-refractivity contribution >= 4 is 5.91 Å². The number of amides is 1. The molecule has 2 aromatic rings. The maximum absolute atomic E-state index is 11.4. The molecule has 1 heterocycles. The number of nitrogens with two attached hydrogens (primary N) is 1. The zero-order valence-corrected chi connectivity index (χ0v) is 11.1. The van der Waals surface area contributed by atoms with E-state index in [0.29, 0.717) is 17.1 Å². The van der Waals surface area contributed by atoms with E-state index in [1.54, 1.807) is 37.3 Å². The van der Waals surface area contributed by atoms with E-state index in [9.17, 15) is 4.79 Å². The van der Waals surface area contributed by atoms with Crippen LogP contribution in [0.25, 0.3) is 0 Å². The number of carbonyl (C=O) groups excluding carboxylic acids is 1. The Morgan fingerprint density at radius 2 is 2.10 bits per heavy atom. The SMILES string of the molecule is Cc1cc(COc2ccc(CO)cc2)oc1C(=O)NN. The fourth-order valence-corrected chi connectivity index (χ4v) is 1.76. The average Bonchev–Trinajstić information content (AvgIpc) is 2.86. The summed E-state index contributed by atoms with van der Waals surface area (Å²) < 4.78 is 10.9. The Morgan fingerprint density at radius 3 is 2.70 bits per heavy atom. The highest BCUT2D eigenvalue weighted by atomic mass is 16.5. The Balaban J connectivity index is 2.01. The van der Waals surface area contributed by atoms with Gasteiger partial charge in [0.2, 0.25) is 0 Å². The monoisotopic (exact) mass is 276 g/mol. The van der Waals surface area contributed by atoms with Crippen LogP contribution in [0.3, 0.4) is 0 Å². The minimum atomic E-state index is -0.471. The number of ether oxygens (including phenoxy) is 1. The van der Waals surface area contributed by atoms with Crippen LogP contribution in [0, 0.1) is 6.92 Å². The molecule has 0 atom stereocenters. The van der Waals surface area contributed by atoms with E-state index in [4.69, 9.17) is 20.1 Å². The summed E-state index contributed by atoms with van der Waals surface area (Å²) in [5.41, 5.74) is 3.53. The Bertz CT molecular complexity index is 590. The van der Waals surface area contributed by atoms with Crippen LogP contribution in [0.15, 0.2) is 34.7 Å². The van der Waals surface area contributed by atoms with E-state index in [-0.39, 0.29) is 19.0 Å². The largest absolute Gasteiger partial charge is 0.486 e. The molecule has 20 heavy (non-hydrogen) atoms. The molecule has 1 amide bonds. The molecular weight excluding hydrogens is 260 g/mol. The van der Waals surface area contributed by atoms with Gasteiger partial charge in [-0.3, -0.25) is 10.2 Å². The van der Waals surface area contributed by atoms with Crippen LogP contribution in [0.5, 0.6) is 5.75 Å². The maximum atomic E-state index is 11.4. The third-order valence-corrected chi connectivity index (χ3v) is 2.79. The van der Waals surface area contributed by atoms with Crippen LogP contribution in [0.1, 0.15) is 27.4 Å². The van der Waals surface area contributed by atoms with Crippen LogP contribution in [0.2, 0.25) is 0 Å². The molecule has 6 nitrogen and oxygen atoms in total. The van der Waals surface area contributed by atoms with E-state index in [0.717, 1.165) is 5.56 Å². The molecule has 0 radical (unpaired) electrons. The predicted octanol–water partition coefficient (Wildman–Crippen LogP) is 1.26. The summed E-state index contributed by atoms with van der Waals surface area (Å²) in [4.78, 5) is 11.4. The van der Waals surface area contributed by atoms with Gasteiger partial charge in [0.25, 0.3) is 0 Å². The summed E-state index contributed by atoms with van der Waals surface area (Å²) >= 11 is 0. The van der Waals surface area contributed by atoms with Crippen molar-refractivity contribution in [3.8, 4) is 5.75 Å². The first-order valence-electron chi connectivity index (χ1n) is 6.07. The van der Waals surface area contributed by atoms with Gasteiger partial charge in [-0.2, -0.15) is 0 Å². The zero-order chi connectivity index (χ0) is 14.5. The molecule has 4 N–H and O–H groups in total. The molecule has 0 bridgehead atoms. The Kier molecular flexibility index (Phi) is 4.39. The number of aliphatic hydroxyl groups is 1. The van der Waals surface area contributed by atoms with Crippen molar-refractivity contribution in [3.05, 3.63) is 53.0 Å². The van der Waals surface area contributed by atoms with Gasteiger partial charge in [-0.05, 0) is 30.7 Å². The molecule has 6 heteroatoms. The molecule has 0 aliphatic heterocycles. The molecular formula is C14H16N2O4. The van der Waals surface area contributed by atoms with Crippen molar-refractivity contribution in [2.75, 3.05) is 0 Å². The highest BCUT2D eigenvalue weighted by molar-refractivity contribution is 5.92. The average molecular weight is 276 g/mol. The number of aliphatic hydroxyl groups excluding tert-OH is 1. The van der Waals surface area contributed by atoms with Crippen molar-refractivity contribution in [3.63, 3.8) is 0 Å². The highest BCUT2D eigenvalue weighted by Crippen LogP contribution is 2.18. The number of carbonyl (C=O) groups is 1. The van der Waals surface area contributed by atoms with E-state index >= 15 is 0 Å². The fraction of sp³-hybridized carbons (Fsp3) is 0.214. The molecule has 0 fully saturated rings. The van der Waals surface area contributed by atoms with E-state index < -0.39 is 5.91 Å². The molecule has 0 aliphatic rings. The summed E-state index contributed by atoms with van der Waals surface area (Å²) in [6.07, 6.45) is 0. The van der Waals surface area contributed by atoms with Crippen LogP contribution >= 0.6 is 0 Å². The lowest BCUT2D eigenvalue weighted by Crippen LogP contribution is -2.30. The fourth-order valence-electron chi connectivity index (χ4n) is 1.76. The molecule has 106 valence electrons. The summed E-state index contributed by atoms with van der Waals surface area (Å²) in [6.45, 7) is 1.96. The van der Waals surface area contributed by atoms with Gasteiger partial charge in [-0.15, -0.1) is 0 Å². The molecule has 0 spiro atoms. The van der Waals surface area contributed by atoms with Crippen molar-refractivity contribution in [1.29, 1.82) is 0 Å². The maximum Gasteiger partial charge on any atom is 0.301 e. The van der Waals surface area contributed by atoms with Gasteiger partial charge in [0.05, 0.1) is 6.61 Å². The summed E-state index contributed by atoms with van der Waals surface area (Å²) in [6, 6.07) is 8.79. The third-order valence-electron chi connectivity index (χ3n) is 2.79. The number of hydrazine groups is 1. The van der Waals surface area contributed by atoms with Crippen molar-refractivity contribution < 1.29 is 19.1 Å². The molecule has 2 rings (SSSR count). The van der Waals surface area contributed by atoms with Gasteiger partial charge >= 0.3 is 5.91 Å². The Morgan fingerprint density at radius 1 is 1.40 bits per heavy atom. The quantitative estimate of drug-likeness (QED) is 0.434. The smallest absolute Gasteiger partial charge is 0.301 e. The normalized spacial score (nSPS) is 10.3. The van der Waals surface area contributed by atoms with Crippen molar-refractivity contribution in [1.82, 2.24) is 5.43 Å². The van der Waals surface area contributed by atoms with Crippen LogP contribution in [0.4, 0.5) is 0 Å². The van der Waals surface area contributed by atoms with Gasteiger partial charge in [0.1, 0.15) is 18.1 Å². The standard InChI is InChI=1S/C14H16N2O4/c1-9-6-12(20-13(9)14(18)16-15)8-19-11-4-2-10(7-17)3-5-11/h2-6,17H,7-8,15H2,1H3,(H,16,18). The lowest BCUT2D eigenvalue weighted by molar-refractivity contribution is 0.0921. The number of rotatable bonds is 5. The summed E-state index contributed by atoms with van der Waals surface area (Å²) in [7, 11) is 0. The number of furan rings is 1. The van der Waals surface area contributed by atoms with Crippen LogP contribution < -0.4 is 16.0 Å². The first kappa shape index (κ1) is 14.1. The molecule has 1 aromatic heterocycles. The summed E-state index contributed by atoms with van der Waals surface area (Å²) in [5.74, 6) is 5.96. The Hall–Kier alpha value is -2.31. The number of nitrogens with one attached hydrogen (secondary N) is 1. The van der Waals surface area contributed by atoms with Gasteiger partial charge in [0, 0.05) is 5.56 Å². The van der Waals surface area contributed by atoms with Gasteiger partial charge in [0.15, 0.2) is 5.76 Å². The van der Waals surface area contributed by atoms with E-state index in [1.807, 2.05) is 5.43 Å². The lowest BCUT2D eigenvalue weighted by atomic mass is 10.2. The van der Waals surface area contributed by atoms with E-state index in [1.165, 1.54) is 0 Å². The second kappa shape index (κ2) is 6.23. The summed E-state index contributed by atoms with van der Waals surface area (Å²) in [5, 5.41) is 8.94. The lowest BCUT2D eigenvalue weighted by Gasteiger charge is -2.04. The molecule has 0 saturated heterocycles. The second-order valence-corrected chi connectivity index (χ2v) is 4.29. The zero-order valence-electron chi connectivity index (χ0n) is 11.1. The third kappa shape index (κ3) is 3.17. The predicted molar refractivity (Wildman–Crippen MR) is 71.8 cm³/mol. The van der Waals surface area contributed by atoms with Crippen LogP contribution in [-0.4, -0.2) is 11.0 Å². The van der Waals surface area contributed by atoms with Crippen molar-refractivity contribution in [2.24, 2.45) is 5.84 Å². The van der Waals surface area contributed by atoms with Crippen molar-refractivity contribution in [2.45, 2.75) is 20.1 Å². The highest BCUT2D eigenvalue weighted by Gasteiger charge is 2.14. The minimum absolute atomic E-state index is 0.00474. The number of aryl methyl sites for hydroxylation is 1. The second-order valence-electron chi connectivity index (χ2n) is 4.29. The van der Waals surface area contributed by atoms with E-state index in [2.05, 4.69) is 0 Å². The number of benzene rings is 1. The molecule has 0 saturated carbocycles.